The summed E-state index contributed by atoms with van der Waals surface area (Å²) in [5.74, 6) is -0.808. The summed E-state index contributed by atoms with van der Waals surface area (Å²) in [6.07, 6.45) is 3.00. The molecule has 0 radical (unpaired) electrons. The van der Waals surface area contributed by atoms with E-state index in [1.54, 1.807) is 6.07 Å². The number of nitro groups is 1. The Labute approximate surface area is 192 Å². The van der Waals surface area contributed by atoms with E-state index in [9.17, 15) is 19.7 Å². The Balaban J connectivity index is 1.66. The molecule has 9 nitrogen and oxygen atoms in total. The standard InChI is InChI=1S/C24H26N4O5/c25-11-4-12-26-23(29)17-33-24(30)21-16-20(28(31)32)7-8-22(21)27-13-9-19(10-14-27)15-18-5-2-1-3-6-18/h1-3,5-8,16,19H,4,9-10,12-15,17H2,(H,26,29). The summed E-state index contributed by atoms with van der Waals surface area (Å²) in [5.41, 5.74) is 1.70. The molecule has 0 aliphatic carbocycles. The number of nitrogens with zero attached hydrogens (tertiary/aromatic N) is 3. The van der Waals surface area contributed by atoms with Gasteiger partial charge in [-0.2, -0.15) is 5.26 Å². The van der Waals surface area contributed by atoms with E-state index in [1.165, 1.54) is 17.7 Å². The highest BCUT2D eigenvalue weighted by atomic mass is 16.6. The highest BCUT2D eigenvalue weighted by Crippen LogP contribution is 2.31. The molecule has 33 heavy (non-hydrogen) atoms. The normalized spacial score (nSPS) is 13.7. The van der Waals surface area contributed by atoms with Crippen molar-refractivity contribution in [1.29, 1.82) is 5.26 Å². The van der Waals surface area contributed by atoms with Crippen LogP contribution < -0.4 is 10.2 Å². The van der Waals surface area contributed by atoms with Crippen LogP contribution >= 0.6 is 0 Å². The van der Waals surface area contributed by atoms with Gasteiger partial charge in [-0.3, -0.25) is 14.9 Å². The third-order valence-corrected chi connectivity index (χ3v) is 5.63. The molecule has 3 rings (SSSR count). The minimum Gasteiger partial charge on any atom is -0.452 e. The lowest BCUT2D eigenvalue weighted by atomic mass is 9.90. The number of piperidine rings is 1. The van der Waals surface area contributed by atoms with E-state index in [2.05, 4.69) is 17.4 Å². The fourth-order valence-electron chi connectivity index (χ4n) is 3.92. The Morgan fingerprint density at radius 3 is 2.58 bits per heavy atom. The van der Waals surface area contributed by atoms with Gasteiger partial charge in [0.15, 0.2) is 6.61 Å². The van der Waals surface area contributed by atoms with Crippen LogP contribution in [0.1, 0.15) is 35.2 Å². The summed E-state index contributed by atoms with van der Waals surface area (Å²) in [5, 5.41) is 22.2. The molecule has 0 aromatic heterocycles. The van der Waals surface area contributed by atoms with Crippen molar-refractivity contribution in [3.63, 3.8) is 0 Å². The second-order valence-electron chi connectivity index (χ2n) is 7.91. The summed E-state index contributed by atoms with van der Waals surface area (Å²) in [7, 11) is 0. The summed E-state index contributed by atoms with van der Waals surface area (Å²) >= 11 is 0. The monoisotopic (exact) mass is 450 g/mol. The molecule has 0 unspecified atom stereocenters. The molecule has 0 bridgehead atoms. The quantitative estimate of drug-likeness (QED) is 0.269. The summed E-state index contributed by atoms with van der Waals surface area (Å²) in [4.78, 5) is 37.2. The van der Waals surface area contributed by atoms with E-state index < -0.39 is 23.4 Å². The topological polar surface area (TPSA) is 126 Å². The van der Waals surface area contributed by atoms with Crippen LogP contribution in [0.4, 0.5) is 11.4 Å². The van der Waals surface area contributed by atoms with Crippen molar-refractivity contribution in [1.82, 2.24) is 5.32 Å². The second kappa shape index (κ2) is 11.6. The predicted octanol–water partition coefficient (Wildman–Crippen LogP) is 3.24. The van der Waals surface area contributed by atoms with Gasteiger partial charge in [0.1, 0.15) is 0 Å². The predicted molar refractivity (Wildman–Crippen MR) is 122 cm³/mol. The molecule has 1 aliphatic heterocycles. The van der Waals surface area contributed by atoms with Gasteiger partial charge in [0.2, 0.25) is 0 Å². The first kappa shape index (κ1) is 23.7. The average Bonchev–Trinajstić information content (AvgIpc) is 2.83. The first-order valence-corrected chi connectivity index (χ1v) is 10.9. The van der Waals surface area contributed by atoms with Crippen molar-refractivity contribution in [2.24, 2.45) is 5.92 Å². The number of amides is 1. The third-order valence-electron chi connectivity index (χ3n) is 5.63. The molecule has 172 valence electrons. The Morgan fingerprint density at radius 2 is 1.91 bits per heavy atom. The maximum Gasteiger partial charge on any atom is 0.341 e. The number of rotatable bonds is 9. The number of hydrogen-bond acceptors (Lipinski definition) is 7. The lowest BCUT2D eigenvalue weighted by Gasteiger charge is -2.34. The van der Waals surface area contributed by atoms with E-state index in [4.69, 9.17) is 10.00 Å². The van der Waals surface area contributed by atoms with E-state index in [0.29, 0.717) is 24.7 Å². The van der Waals surface area contributed by atoms with Crippen LogP contribution in [0.3, 0.4) is 0 Å². The average molecular weight is 450 g/mol. The van der Waals surface area contributed by atoms with Crippen molar-refractivity contribution in [3.8, 4) is 6.07 Å². The molecule has 0 atom stereocenters. The van der Waals surface area contributed by atoms with Crippen LogP contribution in [0.5, 0.6) is 0 Å². The van der Waals surface area contributed by atoms with E-state index in [0.717, 1.165) is 19.3 Å². The van der Waals surface area contributed by atoms with E-state index in [1.807, 2.05) is 29.2 Å². The molecule has 9 heteroatoms. The molecule has 1 amide bonds. The smallest absolute Gasteiger partial charge is 0.341 e. The van der Waals surface area contributed by atoms with Crippen molar-refractivity contribution in [2.75, 3.05) is 31.1 Å². The number of benzene rings is 2. The number of carbonyl (C=O) groups excluding carboxylic acids is 2. The van der Waals surface area contributed by atoms with Crippen LogP contribution in [0.25, 0.3) is 0 Å². The molecule has 2 aromatic carbocycles. The van der Waals surface area contributed by atoms with Gasteiger partial charge in [-0.25, -0.2) is 4.79 Å². The molecule has 1 N–H and O–H groups in total. The van der Waals surface area contributed by atoms with Gasteiger partial charge in [0.05, 0.1) is 28.7 Å². The lowest BCUT2D eigenvalue weighted by Crippen LogP contribution is -2.35. The summed E-state index contributed by atoms with van der Waals surface area (Å²) < 4.78 is 5.10. The number of nitriles is 1. The largest absolute Gasteiger partial charge is 0.452 e. The minimum absolute atomic E-state index is 0.0653. The number of hydrogen-bond donors (Lipinski definition) is 1. The minimum atomic E-state index is -0.796. The van der Waals surface area contributed by atoms with E-state index >= 15 is 0 Å². The van der Waals surface area contributed by atoms with Gasteiger partial charge in [0, 0.05) is 31.8 Å². The second-order valence-corrected chi connectivity index (χ2v) is 7.91. The maximum absolute atomic E-state index is 12.7. The molecular weight excluding hydrogens is 424 g/mol. The number of anilines is 1. The third kappa shape index (κ3) is 6.77. The van der Waals surface area contributed by atoms with Crippen molar-refractivity contribution in [3.05, 3.63) is 69.8 Å². The molecular formula is C24H26N4O5. The van der Waals surface area contributed by atoms with Crippen molar-refractivity contribution >= 4 is 23.3 Å². The van der Waals surface area contributed by atoms with Gasteiger partial charge >= 0.3 is 5.97 Å². The molecule has 1 saturated heterocycles. The zero-order valence-corrected chi connectivity index (χ0v) is 18.2. The van der Waals surface area contributed by atoms with Crippen LogP contribution in [-0.4, -0.2) is 43.0 Å². The number of nitrogens with one attached hydrogen (secondary N) is 1. The number of esters is 1. The number of non-ortho nitro benzene ring substituents is 1. The van der Waals surface area contributed by atoms with Gasteiger partial charge in [-0.05, 0) is 36.8 Å². The number of ether oxygens (including phenoxy) is 1. The summed E-state index contributed by atoms with van der Waals surface area (Å²) in [6, 6.07) is 16.3. The molecule has 0 saturated carbocycles. The fraction of sp³-hybridized carbons (Fsp3) is 0.375. The SMILES string of the molecule is N#CCCNC(=O)COC(=O)c1cc([N+](=O)[O-])ccc1N1CCC(Cc2ccccc2)CC1. The summed E-state index contributed by atoms with van der Waals surface area (Å²) in [6.45, 7) is 1.06. The van der Waals surface area contributed by atoms with Crippen molar-refractivity contribution < 1.29 is 19.2 Å². The molecule has 1 heterocycles. The molecule has 0 spiro atoms. The number of carbonyl (C=O) groups is 2. The van der Waals surface area contributed by atoms with Gasteiger partial charge < -0.3 is 15.0 Å². The molecule has 2 aromatic rings. The first-order chi connectivity index (χ1) is 16.0. The first-order valence-electron chi connectivity index (χ1n) is 10.9. The Kier molecular flexibility index (Phi) is 8.36. The molecule has 1 aliphatic rings. The van der Waals surface area contributed by atoms with Crippen molar-refractivity contribution in [2.45, 2.75) is 25.7 Å². The van der Waals surface area contributed by atoms with Gasteiger partial charge in [0.25, 0.3) is 11.6 Å². The van der Waals surface area contributed by atoms with Crippen LogP contribution in [-0.2, 0) is 16.0 Å². The Bertz CT molecular complexity index is 1030. The zero-order valence-electron chi connectivity index (χ0n) is 18.2. The Morgan fingerprint density at radius 1 is 1.18 bits per heavy atom. The zero-order chi connectivity index (χ0) is 23.6. The van der Waals surface area contributed by atoms with Crippen LogP contribution in [0.15, 0.2) is 48.5 Å². The highest BCUT2D eigenvalue weighted by Gasteiger charge is 2.26. The number of nitro benzene ring substituents is 1. The van der Waals surface area contributed by atoms with Gasteiger partial charge in [-0.15, -0.1) is 0 Å². The lowest BCUT2D eigenvalue weighted by molar-refractivity contribution is -0.384. The van der Waals surface area contributed by atoms with Gasteiger partial charge in [-0.1, -0.05) is 30.3 Å². The maximum atomic E-state index is 12.7. The Hall–Kier alpha value is -3.93. The van der Waals surface area contributed by atoms with Crippen LogP contribution in [0.2, 0.25) is 0 Å². The van der Waals surface area contributed by atoms with Crippen LogP contribution in [0, 0.1) is 27.4 Å². The van der Waals surface area contributed by atoms with E-state index in [-0.39, 0.29) is 24.2 Å². The molecule has 1 fully saturated rings. The fourth-order valence-corrected chi connectivity index (χ4v) is 3.92. The highest BCUT2D eigenvalue weighted by molar-refractivity contribution is 5.97.